The minimum absolute atomic E-state index is 0.130. The molecule has 35 heavy (non-hydrogen) atoms. The fourth-order valence-corrected chi connectivity index (χ4v) is 4.53. The van der Waals surface area contributed by atoms with Crippen LogP contribution in [0.25, 0.3) is 28.2 Å². The number of carbonyl (C=O) groups is 1. The number of nitrogens with zero attached hydrogens (tertiary/aromatic N) is 4. The SMILES string of the molecule is O=C(CSc1nnc(-c2ccncc2)n1-c1ccc(Cl)cc1)Nc1ccccc1-c1ccccc1. The van der Waals surface area contributed by atoms with Gasteiger partial charge in [-0.3, -0.25) is 14.3 Å². The van der Waals surface area contributed by atoms with Crippen LogP contribution in [0.5, 0.6) is 0 Å². The zero-order valence-corrected chi connectivity index (χ0v) is 20.1. The van der Waals surface area contributed by atoms with Gasteiger partial charge in [0.05, 0.1) is 5.75 Å². The van der Waals surface area contributed by atoms with Gasteiger partial charge < -0.3 is 5.32 Å². The maximum atomic E-state index is 12.9. The standard InChI is InChI=1S/C27H20ClN5OS/c28-21-10-12-22(13-11-21)33-26(20-14-16-29-17-15-20)31-32-27(33)35-18-25(34)30-24-9-5-4-8-23(24)19-6-2-1-3-7-19/h1-17H,18H2,(H,30,34). The number of aromatic nitrogens is 4. The highest BCUT2D eigenvalue weighted by atomic mass is 35.5. The third-order valence-electron chi connectivity index (χ3n) is 5.28. The Balaban J connectivity index is 1.38. The lowest BCUT2D eigenvalue weighted by Crippen LogP contribution is -2.15. The first-order valence-electron chi connectivity index (χ1n) is 10.9. The number of carbonyl (C=O) groups excluding carboxylic acids is 1. The van der Waals surface area contributed by atoms with E-state index < -0.39 is 0 Å². The van der Waals surface area contributed by atoms with Crippen molar-refractivity contribution in [1.29, 1.82) is 0 Å². The van der Waals surface area contributed by atoms with Gasteiger partial charge >= 0.3 is 0 Å². The van der Waals surface area contributed by atoms with Crippen molar-refractivity contribution in [1.82, 2.24) is 19.7 Å². The number of para-hydroxylation sites is 1. The molecule has 5 rings (SSSR count). The molecule has 2 aromatic heterocycles. The Kier molecular flexibility index (Phi) is 6.88. The Labute approximate surface area is 212 Å². The van der Waals surface area contributed by atoms with Crippen LogP contribution in [-0.2, 0) is 4.79 Å². The molecule has 3 aromatic carbocycles. The summed E-state index contributed by atoms with van der Waals surface area (Å²) in [7, 11) is 0. The van der Waals surface area contributed by atoms with E-state index in [1.807, 2.05) is 95.6 Å². The van der Waals surface area contributed by atoms with Gasteiger partial charge in [-0.15, -0.1) is 10.2 Å². The summed E-state index contributed by atoms with van der Waals surface area (Å²) in [5, 5.41) is 13.1. The molecule has 0 aliphatic heterocycles. The first-order valence-corrected chi connectivity index (χ1v) is 12.2. The molecule has 1 amide bonds. The van der Waals surface area contributed by atoms with Crippen molar-refractivity contribution in [2.24, 2.45) is 0 Å². The summed E-state index contributed by atoms with van der Waals surface area (Å²) in [5.41, 5.74) is 4.50. The van der Waals surface area contributed by atoms with E-state index in [-0.39, 0.29) is 11.7 Å². The second-order valence-electron chi connectivity index (χ2n) is 7.60. The first-order chi connectivity index (χ1) is 17.2. The predicted molar refractivity (Wildman–Crippen MR) is 141 cm³/mol. The minimum Gasteiger partial charge on any atom is -0.325 e. The van der Waals surface area contributed by atoms with Crippen molar-refractivity contribution < 1.29 is 4.79 Å². The maximum absolute atomic E-state index is 12.9. The Bertz CT molecular complexity index is 1440. The normalized spacial score (nSPS) is 10.8. The summed E-state index contributed by atoms with van der Waals surface area (Å²) in [4.78, 5) is 17.0. The molecule has 0 saturated carbocycles. The topological polar surface area (TPSA) is 72.7 Å². The average Bonchev–Trinajstić information content (AvgIpc) is 3.33. The van der Waals surface area contributed by atoms with Crippen LogP contribution in [0.2, 0.25) is 5.02 Å². The van der Waals surface area contributed by atoms with Gasteiger partial charge in [0.25, 0.3) is 0 Å². The first kappa shape index (κ1) is 22.8. The molecule has 0 saturated heterocycles. The summed E-state index contributed by atoms with van der Waals surface area (Å²) in [6, 6.07) is 28.9. The van der Waals surface area contributed by atoms with Gasteiger partial charge in [0.1, 0.15) is 0 Å². The number of pyridine rings is 1. The van der Waals surface area contributed by atoms with Crippen LogP contribution in [0.1, 0.15) is 0 Å². The number of amides is 1. The number of thioether (sulfide) groups is 1. The van der Waals surface area contributed by atoms with E-state index in [1.54, 1.807) is 12.4 Å². The fraction of sp³-hybridized carbons (Fsp3) is 0.0370. The highest BCUT2D eigenvalue weighted by molar-refractivity contribution is 7.99. The highest BCUT2D eigenvalue weighted by Gasteiger charge is 2.18. The summed E-state index contributed by atoms with van der Waals surface area (Å²) in [6.45, 7) is 0. The molecule has 0 spiro atoms. The van der Waals surface area contributed by atoms with Crippen LogP contribution in [0.3, 0.4) is 0 Å². The molecular formula is C27H20ClN5OS. The fourth-order valence-electron chi connectivity index (χ4n) is 3.65. The van der Waals surface area contributed by atoms with Crippen LogP contribution >= 0.6 is 23.4 Å². The Hall–Kier alpha value is -3.94. The van der Waals surface area contributed by atoms with E-state index in [0.29, 0.717) is 16.0 Å². The number of hydrogen-bond donors (Lipinski definition) is 1. The van der Waals surface area contributed by atoms with E-state index >= 15 is 0 Å². The van der Waals surface area contributed by atoms with E-state index in [9.17, 15) is 4.79 Å². The number of benzene rings is 3. The van der Waals surface area contributed by atoms with Gasteiger partial charge in [-0.2, -0.15) is 0 Å². The summed E-state index contributed by atoms with van der Waals surface area (Å²) >= 11 is 7.42. The van der Waals surface area contributed by atoms with Crippen LogP contribution in [0.15, 0.2) is 109 Å². The molecule has 6 nitrogen and oxygen atoms in total. The molecule has 0 aliphatic rings. The van der Waals surface area contributed by atoms with Gasteiger partial charge in [-0.1, -0.05) is 71.9 Å². The Morgan fingerprint density at radius 3 is 2.31 bits per heavy atom. The largest absolute Gasteiger partial charge is 0.325 e. The van der Waals surface area contributed by atoms with Gasteiger partial charge in [-0.05, 0) is 48.0 Å². The van der Waals surface area contributed by atoms with Crippen molar-refractivity contribution in [3.63, 3.8) is 0 Å². The second-order valence-corrected chi connectivity index (χ2v) is 8.98. The lowest BCUT2D eigenvalue weighted by atomic mass is 10.0. The zero-order chi connectivity index (χ0) is 24.0. The number of hydrogen-bond acceptors (Lipinski definition) is 5. The lowest BCUT2D eigenvalue weighted by Gasteiger charge is -2.12. The van der Waals surface area contributed by atoms with Crippen molar-refractivity contribution in [3.05, 3.63) is 108 Å². The molecule has 0 fully saturated rings. The molecule has 0 bridgehead atoms. The van der Waals surface area contributed by atoms with Crippen LogP contribution in [0.4, 0.5) is 5.69 Å². The van der Waals surface area contributed by atoms with Gasteiger partial charge in [0.2, 0.25) is 5.91 Å². The number of rotatable bonds is 7. The molecule has 0 radical (unpaired) electrons. The maximum Gasteiger partial charge on any atom is 0.234 e. The van der Waals surface area contributed by atoms with Crippen molar-refractivity contribution in [2.45, 2.75) is 5.16 Å². The predicted octanol–water partition coefficient (Wildman–Crippen LogP) is 6.38. The molecule has 0 aliphatic carbocycles. The van der Waals surface area contributed by atoms with Crippen molar-refractivity contribution in [2.75, 3.05) is 11.1 Å². The molecule has 8 heteroatoms. The number of nitrogens with one attached hydrogen (secondary N) is 1. The molecule has 5 aromatic rings. The molecule has 172 valence electrons. The molecule has 0 atom stereocenters. The number of halogens is 1. The van der Waals surface area contributed by atoms with Gasteiger partial charge in [-0.25, -0.2) is 0 Å². The van der Waals surface area contributed by atoms with E-state index in [2.05, 4.69) is 20.5 Å². The Morgan fingerprint density at radius 2 is 1.54 bits per heavy atom. The van der Waals surface area contributed by atoms with Crippen molar-refractivity contribution in [3.8, 4) is 28.2 Å². The third-order valence-corrected chi connectivity index (χ3v) is 6.46. The smallest absolute Gasteiger partial charge is 0.234 e. The van der Waals surface area contributed by atoms with Crippen LogP contribution < -0.4 is 5.32 Å². The summed E-state index contributed by atoms with van der Waals surface area (Å²) in [5.74, 6) is 0.701. The zero-order valence-electron chi connectivity index (χ0n) is 18.5. The van der Waals surface area contributed by atoms with Crippen molar-refractivity contribution >= 4 is 35.0 Å². The van der Waals surface area contributed by atoms with E-state index in [0.717, 1.165) is 28.1 Å². The summed E-state index contributed by atoms with van der Waals surface area (Å²) < 4.78 is 1.92. The second kappa shape index (κ2) is 10.5. The average molecular weight is 498 g/mol. The van der Waals surface area contributed by atoms with Gasteiger partial charge in [0.15, 0.2) is 11.0 Å². The van der Waals surface area contributed by atoms with E-state index in [1.165, 1.54) is 11.8 Å². The monoisotopic (exact) mass is 497 g/mol. The highest BCUT2D eigenvalue weighted by Crippen LogP contribution is 2.30. The van der Waals surface area contributed by atoms with Crippen LogP contribution in [0, 0.1) is 0 Å². The number of anilines is 1. The van der Waals surface area contributed by atoms with Gasteiger partial charge in [0, 0.05) is 39.9 Å². The molecule has 0 unspecified atom stereocenters. The molecule has 1 N–H and O–H groups in total. The third kappa shape index (κ3) is 5.26. The minimum atomic E-state index is -0.130. The van der Waals surface area contributed by atoms with Crippen LogP contribution in [-0.4, -0.2) is 31.4 Å². The summed E-state index contributed by atoms with van der Waals surface area (Å²) in [6.07, 6.45) is 3.42. The Morgan fingerprint density at radius 1 is 0.829 bits per heavy atom. The quantitative estimate of drug-likeness (QED) is 0.264. The lowest BCUT2D eigenvalue weighted by molar-refractivity contribution is -0.113. The molecular weight excluding hydrogens is 478 g/mol. The molecule has 2 heterocycles. The van der Waals surface area contributed by atoms with E-state index in [4.69, 9.17) is 11.6 Å².